The normalized spacial score (nSPS) is 14.9. The number of unbranched alkanes of at least 4 members (excludes halogenated alkanes) is 3. The predicted molar refractivity (Wildman–Crippen MR) is 146 cm³/mol. The fraction of sp³-hybridized carbons (Fsp3) is 0.483. The number of aryl methyl sites for hydroxylation is 1. The minimum atomic E-state index is -0.575. The average molecular weight is 525 g/mol. The summed E-state index contributed by atoms with van der Waals surface area (Å²) in [5, 5.41) is 13.0. The Hall–Kier alpha value is -3.31. The van der Waals surface area contributed by atoms with E-state index in [1.807, 2.05) is 6.07 Å². The molecule has 3 rings (SSSR count). The first-order valence-corrected chi connectivity index (χ1v) is 13.8. The lowest BCUT2D eigenvalue weighted by Crippen LogP contribution is -2.17. The monoisotopic (exact) mass is 524 g/mol. The molecule has 198 valence electrons. The number of carbonyl (C=O) groups is 2. The highest BCUT2D eigenvalue weighted by Crippen LogP contribution is 2.44. The van der Waals surface area contributed by atoms with Crippen LogP contribution in [-0.4, -0.2) is 32.2 Å². The molecule has 0 saturated heterocycles. The Morgan fingerprint density at radius 1 is 1.22 bits per heavy atom. The van der Waals surface area contributed by atoms with Gasteiger partial charge in [-0.1, -0.05) is 39.2 Å². The summed E-state index contributed by atoms with van der Waals surface area (Å²) in [7, 11) is 1.56. The lowest BCUT2D eigenvalue weighted by Gasteiger charge is -2.19. The summed E-state index contributed by atoms with van der Waals surface area (Å²) in [5.74, 6) is 0.342. The summed E-state index contributed by atoms with van der Waals surface area (Å²) in [5.41, 5.74) is 1.93. The Morgan fingerprint density at radius 2 is 2.03 bits per heavy atom. The topological polar surface area (TPSA) is 97.7 Å². The highest BCUT2D eigenvalue weighted by molar-refractivity contribution is 7.17. The van der Waals surface area contributed by atoms with E-state index >= 15 is 0 Å². The fourth-order valence-electron chi connectivity index (χ4n) is 4.49. The summed E-state index contributed by atoms with van der Waals surface area (Å²) in [4.78, 5) is 27.0. The average Bonchev–Trinajstić information content (AvgIpc) is 3.26. The Bertz CT molecular complexity index is 1180. The number of nitrogens with one attached hydrogen (secondary N) is 1. The Kier molecular flexibility index (Phi) is 10.6. The number of hydrogen-bond acceptors (Lipinski definition) is 7. The van der Waals surface area contributed by atoms with E-state index in [1.54, 1.807) is 32.2 Å². The van der Waals surface area contributed by atoms with Gasteiger partial charge in [0, 0.05) is 4.88 Å². The molecule has 8 heteroatoms. The summed E-state index contributed by atoms with van der Waals surface area (Å²) in [6.07, 6.45) is 8.81. The fourth-order valence-corrected chi connectivity index (χ4v) is 5.84. The van der Waals surface area contributed by atoms with Crippen LogP contribution in [0, 0.1) is 11.3 Å². The van der Waals surface area contributed by atoms with E-state index in [0.29, 0.717) is 34.2 Å². The van der Waals surface area contributed by atoms with E-state index in [4.69, 9.17) is 14.2 Å². The first-order valence-electron chi connectivity index (χ1n) is 13.0. The van der Waals surface area contributed by atoms with Crippen molar-refractivity contribution in [1.29, 1.82) is 5.26 Å². The number of hydrogen-bond donors (Lipinski definition) is 1. The largest absolute Gasteiger partial charge is 0.493 e. The molecule has 1 aromatic heterocycles. The van der Waals surface area contributed by atoms with Gasteiger partial charge in [-0.05, 0) is 67.9 Å². The Labute approximate surface area is 223 Å². The molecule has 2 aromatic rings. The number of anilines is 1. The van der Waals surface area contributed by atoms with Crippen molar-refractivity contribution in [3.8, 4) is 17.6 Å². The molecule has 0 aliphatic heterocycles. The van der Waals surface area contributed by atoms with Crippen LogP contribution in [0.4, 0.5) is 5.00 Å². The third-order valence-electron chi connectivity index (χ3n) is 6.38. The van der Waals surface area contributed by atoms with Gasteiger partial charge in [-0.25, -0.2) is 4.79 Å². The lowest BCUT2D eigenvalue weighted by molar-refractivity contribution is -0.112. The minimum absolute atomic E-state index is 0.0792. The number of benzene rings is 1. The van der Waals surface area contributed by atoms with Gasteiger partial charge in [0.1, 0.15) is 16.6 Å². The summed E-state index contributed by atoms with van der Waals surface area (Å²) < 4.78 is 16.6. The van der Waals surface area contributed by atoms with E-state index in [-0.39, 0.29) is 18.1 Å². The quantitative estimate of drug-likeness (QED) is 0.141. The van der Waals surface area contributed by atoms with Crippen molar-refractivity contribution in [2.24, 2.45) is 0 Å². The molecule has 0 spiro atoms. The van der Waals surface area contributed by atoms with E-state index in [1.165, 1.54) is 23.8 Å². The van der Waals surface area contributed by atoms with Crippen LogP contribution in [-0.2, 0) is 16.0 Å². The molecule has 7 nitrogen and oxygen atoms in total. The summed E-state index contributed by atoms with van der Waals surface area (Å²) in [6, 6.07) is 7.29. The Morgan fingerprint density at radius 3 is 2.73 bits per heavy atom. The standard InChI is InChI=1S/C29H36N2O5S/c1-5-7-8-9-15-36-22-14-13-20(17-23(22)34-4)16-21(18-30)27(32)31-28-26(29(33)35-6-2)25-19(3)11-10-12-24(25)37-28/h13-14,16-17,19H,5-12,15H2,1-4H3,(H,31,32)/b21-16+. The lowest BCUT2D eigenvalue weighted by atomic mass is 9.86. The zero-order chi connectivity index (χ0) is 26.8. The molecule has 1 atom stereocenters. The minimum Gasteiger partial charge on any atom is -0.493 e. The number of methoxy groups -OCH3 is 1. The maximum Gasteiger partial charge on any atom is 0.341 e. The van der Waals surface area contributed by atoms with Crippen LogP contribution in [0.5, 0.6) is 11.5 Å². The van der Waals surface area contributed by atoms with Gasteiger partial charge in [0.05, 0.1) is 25.9 Å². The van der Waals surface area contributed by atoms with Crippen LogP contribution in [0.3, 0.4) is 0 Å². The zero-order valence-corrected chi connectivity index (χ0v) is 23.0. The maximum atomic E-state index is 13.1. The molecule has 1 N–H and O–H groups in total. The second-order valence-corrected chi connectivity index (χ2v) is 10.2. The molecule has 1 aliphatic rings. The molecule has 1 aliphatic carbocycles. The molecule has 37 heavy (non-hydrogen) atoms. The van der Waals surface area contributed by atoms with E-state index in [9.17, 15) is 14.9 Å². The Balaban J connectivity index is 1.81. The van der Waals surface area contributed by atoms with Crippen molar-refractivity contribution in [2.45, 2.75) is 71.6 Å². The van der Waals surface area contributed by atoms with Gasteiger partial charge < -0.3 is 19.5 Å². The molecule has 1 heterocycles. The first-order chi connectivity index (χ1) is 17.9. The number of rotatable bonds is 12. The second kappa shape index (κ2) is 13.8. The number of amides is 1. The van der Waals surface area contributed by atoms with E-state index in [2.05, 4.69) is 19.2 Å². The van der Waals surface area contributed by atoms with Crippen LogP contribution in [0.2, 0.25) is 0 Å². The number of carbonyl (C=O) groups excluding carboxylic acids is 2. The molecule has 0 fully saturated rings. The van der Waals surface area contributed by atoms with Gasteiger partial charge in [-0.2, -0.15) is 5.26 Å². The third-order valence-corrected chi connectivity index (χ3v) is 7.56. The number of nitriles is 1. The highest BCUT2D eigenvalue weighted by atomic mass is 32.1. The number of fused-ring (bicyclic) bond motifs is 1. The van der Waals surface area contributed by atoms with Crippen LogP contribution in [0.25, 0.3) is 6.08 Å². The van der Waals surface area contributed by atoms with Crippen LogP contribution in [0.15, 0.2) is 23.8 Å². The van der Waals surface area contributed by atoms with Crippen molar-refractivity contribution in [3.63, 3.8) is 0 Å². The molecule has 1 amide bonds. The van der Waals surface area contributed by atoms with Crippen LogP contribution >= 0.6 is 11.3 Å². The third kappa shape index (κ3) is 7.14. The predicted octanol–water partition coefficient (Wildman–Crippen LogP) is 6.88. The van der Waals surface area contributed by atoms with Crippen molar-refractivity contribution in [2.75, 3.05) is 25.6 Å². The number of ether oxygens (including phenoxy) is 3. The molecule has 1 aromatic carbocycles. The van der Waals surface area contributed by atoms with Crippen LogP contribution in [0.1, 0.15) is 91.6 Å². The highest BCUT2D eigenvalue weighted by Gasteiger charge is 2.31. The zero-order valence-electron chi connectivity index (χ0n) is 22.1. The van der Waals surface area contributed by atoms with Crippen LogP contribution < -0.4 is 14.8 Å². The van der Waals surface area contributed by atoms with Gasteiger partial charge in [0.25, 0.3) is 5.91 Å². The molecular weight excluding hydrogens is 488 g/mol. The van der Waals surface area contributed by atoms with Crippen molar-refractivity contribution >= 4 is 34.3 Å². The number of esters is 1. The van der Waals surface area contributed by atoms with Gasteiger partial charge in [-0.15, -0.1) is 11.3 Å². The maximum absolute atomic E-state index is 13.1. The van der Waals surface area contributed by atoms with Crippen molar-refractivity contribution in [3.05, 3.63) is 45.3 Å². The van der Waals surface area contributed by atoms with E-state index < -0.39 is 11.9 Å². The molecule has 0 radical (unpaired) electrons. The van der Waals surface area contributed by atoms with Crippen molar-refractivity contribution in [1.82, 2.24) is 0 Å². The number of thiophene rings is 1. The molecule has 0 bridgehead atoms. The molecule has 0 saturated carbocycles. The molecular formula is C29H36N2O5S. The van der Waals surface area contributed by atoms with Gasteiger partial charge in [0.2, 0.25) is 0 Å². The van der Waals surface area contributed by atoms with E-state index in [0.717, 1.165) is 49.0 Å². The number of nitrogens with zero attached hydrogens (tertiary/aromatic N) is 1. The smallest absolute Gasteiger partial charge is 0.341 e. The SMILES string of the molecule is CCCCCCOc1ccc(/C=C(\C#N)C(=O)Nc2sc3c(c2C(=O)OCC)C(C)CCC3)cc1OC. The van der Waals surface area contributed by atoms with Gasteiger partial charge >= 0.3 is 5.97 Å². The first kappa shape index (κ1) is 28.3. The molecule has 1 unspecified atom stereocenters. The van der Waals surface area contributed by atoms with Crippen molar-refractivity contribution < 1.29 is 23.8 Å². The van der Waals surface area contributed by atoms with Gasteiger partial charge in [-0.3, -0.25) is 4.79 Å². The summed E-state index contributed by atoms with van der Waals surface area (Å²) in [6.45, 7) is 6.86. The second-order valence-electron chi connectivity index (χ2n) is 9.10. The summed E-state index contributed by atoms with van der Waals surface area (Å²) >= 11 is 1.40. The van der Waals surface area contributed by atoms with Gasteiger partial charge in [0.15, 0.2) is 11.5 Å².